The summed E-state index contributed by atoms with van der Waals surface area (Å²) in [5.41, 5.74) is -0.112. The second-order valence-corrected chi connectivity index (χ2v) is 4.44. The highest BCUT2D eigenvalue weighted by Gasteiger charge is 2.54. The number of carbonyl (C=O) groups excluding carboxylic acids is 2. The minimum absolute atomic E-state index is 0.0956. The highest BCUT2D eigenvalue weighted by Crippen LogP contribution is 2.47. The number of esters is 2. The van der Waals surface area contributed by atoms with E-state index < -0.39 is 17.4 Å². The lowest BCUT2D eigenvalue weighted by Gasteiger charge is -2.22. The average molecular weight is 252 g/mol. The Balaban J connectivity index is 3.16. The Labute approximate surface area is 108 Å². The van der Waals surface area contributed by atoms with Crippen LogP contribution >= 0.6 is 0 Å². The van der Waals surface area contributed by atoms with E-state index in [-0.39, 0.29) is 5.92 Å². The SMILES string of the molecule is C/C=C/C1CC(C(=O)OC)(C(=O)OC)C/C1=C\C. The molecule has 1 saturated carbocycles. The van der Waals surface area contributed by atoms with Crippen LogP contribution in [-0.2, 0) is 19.1 Å². The van der Waals surface area contributed by atoms with Crippen molar-refractivity contribution in [3.63, 3.8) is 0 Å². The van der Waals surface area contributed by atoms with E-state index in [0.29, 0.717) is 12.8 Å². The van der Waals surface area contributed by atoms with Gasteiger partial charge >= 0.3 is 11.9 Å². The molecule has 1 rings (SSSR count). The van der Waals surface area contributed by atoms with E-state index in [2.05, 4.69) is 0 Å². The molecule has 0 heterocycles. The fraction of sp³-hybridized carbons (Fsp3) is 0.571. The molecule has 4 heteroatoms. The van der Waals surface area contributed by atoms with Crippen LogP contribution in [0.4, 0.5) is 0 Å². The van der Waals surface area contributed by atoms with E-state index in [4.69, 9.17) is 9.47 Å². The summed E-state index contributed by atoms with van der Waals surface area (Å²) in [5, 5.41) is 0. The Morgan fingerprint density at radius 2 is 1.78 bits per heavy atom. The van der Waals surface area contributed by atoms with E-state index in [1.54, 1.807) is 0 Å². The zero-order valence-corrected chi connectivity index (χ0v) is 11.4. The number of hydrogen-bond acceptors (Lipinski definition) is 4. The van der Waals surface area contributed by atoms with Crippen molar-refractivity contribution in [2.45, 2.75) is 26.7 Å². The van der Waals surface area contributed by atoms with Gasteiger partial charge in [0.1, 0.15) is 0 Å². The zero-order valence-electron chi connectivity index (χ0n) is 11.4. The first-order valence-corrected chi connectivity index (χ1v) is 6.00. The van der Waals surface area contributed by atoms with Crippen molar-refractivity contribution >= 4 is 11.9 Å². The van der Waals surface area contributed by atoms with Crippen LogP contribution in [0.25, 0.3) is 0 Å². The van der Waals surface area contributed by atoms with Crippen LogP contribution in [0.5, 0.6) is 0 Å². The summed E-state index contributed by atoms with van der Waals surface area (Å²) in [6.07, 6.45) is 6.67. The quantitative estimate of drug-likeness (QED) is 0.439. The number of ether oxygens (including phenoxy) is 2. The number of methoxy groups -OCH3 is 2. The first kappa shape index (κ1) is 14.5. The summed E-state index contributed by atoms with van der Waals surface area (Å²) in [5.74, 6) is -0.931. The maximum absolute atomic E-state index is 12.0. The molecule has 0 spiro atoms. The van der Waals surface area contributed by atoms with Gasteiger partial charge in [-0.3, -0.25) is 9.59 Å². The fourth-order valence-corrected chi connectivity index (χ4v) is 2.58. The number of hydrogen-bond donors (Lipinski definition) is 0. The summed E-state index contributed by atoms with van der Waals surface area (Å²) < 4.78 is 9.58. The highest BCUT2D eigenvalue weighted by molar-refractivity contribution is 6.01. The molecule has 0 aromatic rings. The van der Waals surface area contributed by atoms with Crippen LogP contribution < -0.4 is 0 Å². The molecule has 0 N–H and O–H groups in total. The molecule has 18 heavy (non-hydrogen) atoms. The van der Waals surface area contributed by atoms with E-state index in [1.807, 2.05) is 32.1 Å². The lowest BCUT2D eigenvalue weighted by atomic mass is 9.85. The average Bonchev–Trinajstić information content (AvgIpc) is 2.77. The Bertz CT molecular complexity index is 377. The molecule has 0 aromatic heterocycles. The number of carbonyl (C=O) groups is 2. The number of rotatable bonds is 3. The first-order valence-electron chi connectivity index (χ1n) is 6.00. The van der Waals surface area contributed by atoms with Crippen LogP contribution in [0.1, 0.15) is 26.7 Å². The minimum atomic E-state index is -1.18. The third kappa shape index (κ3) is 2.33. The van der Waals surface area contributed by atoms with Crippen molar-refractivity contribution in [1.29, 1.82) is 0 Å². The van der Waals surface area contributed by atoms with E-state index >= 15 is 0 Å². The molecule has 0 aliphatic heterocycles. The van der Waals surface area contributed by atoms with Gasteiger partial charge < -0.3 is 9.47 Å². The predicted octanol–water partition coefficient (Wildman–Crippen LogP) is 2.25. The first-order chi connectivity index (χ1) is 8.55. The molecule has 1 aliphatic rings. The van der Waals surface area contributed by atoms with Gasteiger partial charge in [-0.1, -0.05) is 23.8 Å². The van der Waals surface area contributed by atoms with Crippen molar-refractivity contribution in [3.05, 3.63) is 23.8 Å². The molecule has 1 atom stereocenters. The van der Waals surface area contributed by atoms with Crippen molar-refractivity contribution in [1.82, 2.24) is 0 Å². The maximum Gasteiger partial charge on any atom is 0.323 e. The van der Waals surface area contributed by atoms with Gasteiger partial charge in [0.25, 0.3) is 0 Å². The fourth-order valence-electron chi connectivity index (χ4n) is 2.58. The zero-order chi connectivity index (χ0) is 13.8. The molecule has 1 unspecified atom stereocenters. The largest absolute Gasteiger partial charge is 0.468 e. The molecule has 0 amide bonds. The second-order valence-electron chi connectivity index (χ2n) is 4.44. The van der Waals surface area contributed by atoms with Gasteiger partial charge in [-0.05, 0) is 32.6 Å². The summed E-state index contributed by atoms with van der Waals surface area (Å²) in [4.78, 5) is 23.9. The van der Waals surface area contributed by atoms with E-state index in [0.717, 1.165) is 5.57 Å². The minimum Gasteiger partial charge on any atom is -0.468 e. The van der Waals surface area contributed by atoms with Crippen molar-refractivity contribution in [3.8, 4) is 0 Å². The summed E-state index contributed by atoms with van der Waals surface area (Å²) in [6, 6.07) is 0. The lowest BCUT2D eigenvalue weighted by Crippen LogP contribution is -2.39. The molecule has 0 aromatic carbocycles. The van der Waals surface area contributed by atoms with Gasteiger partial charge in [-0.2, -0.15) is 0 Å². The molecule has 4 nitrogen and oxygen atoms in total. The normalized spacial score (nSPS) is 24.4. The van der Waals surface area contributed by atoms with Gasteiger partial charge in [0.05, 0.1) is 14.2 Å². The van der Waals surface area contributed by atoms with Crippen molar-refractivity contribution < 1.29 is 19.1 Å². The van der Waals surface area contributed by atoms with Gasteiger partial charge in [-0.15, -0.1) is 0 Å². The number of allylic oxidation sites excluding steroid dienone is 4. The standard InChI is InChI=1S/C14H20O4/c1-5-7-11-9-14(12(15)17-3,13(16)18-4)8-10(11)6-2/h5-7,11H,8-9H2,1-4H3/b7-5+,10-6+. The van der Waals surface area contributed by atoms with E-state index in [9.17, 15) is 9.59 Å². The van der Waals surface area contributed by atoms with Gasteiger partial charge in [-0.25, -0.2) is 0 Å². The smallest absolute Gasteiger partial charge is 0.323 e. The Morgan fingerprint density at radius 3 is 2.17 bits per heavy atom. The summed E-state index contributed by atoms with van der Waals surface area (Å²) in [7, 11) is 2.59. The molecular formula is C14H20O4. The predicted molar refractivity (Wildman–Crippen MR) is 67.8 cm³/mol. The molecule has 100 valence electrons. The van der Waals surface area contributed by atoms with Crippen molar-refractivity contribution in [2.75, 3.05) is 14.2 Å². The van der Waals surface area contributed by atoms with Crippen LogP contribution in [0.15, 0.2) is 23.8 Å². The lowest BCUT2D eigenvalue weighted by molar-refractivity contribution is -0.168. The van der Waals surface area contributed by atoms with Gasteiger partial charge in [0.15, 0.2) is 5.41 Å². The van der Waals surface area contributed by atoms with Crippen LogP contribution in [-0.4, -0.2) is 26.2 Å². The maximum atomic E-state index is 12.0. The summed E-state index contributed by atoms with van der Waals surface area (Å²) in [6.45, 7) is 3.83. The van der Waals surface area contributed by atoms with Crippen LogP contribution in [0.3, 0.4) is 0 Å². The Morgan fingerprint density at radius 1 is 1.22 bits per heavy atom. The molecule has 1 aliphatic carbocycles. The summed E-state index contributed by atoms with van der Waals surface area (Å²) >= 11 is 0. The van der Waals surface area contributed by atoms with Gasteiger partial charge in [0, 0.05) is 0 Å². The van der Waals surface area contributed by atoms with Crippen LogP contribution in [0.2, 0.25) is 0 Å². The third-order valence-electron chi connectivity index (χ3n) is 3.50. The topological polar surface area (TPSA) is 52.6 Å². The monoisotopic (exact) mass is 252 g/mol. The molecule has 0 bridgehead atoms. The molecule has 0 radical (unpaired) electrons. The Kier molecular flexibility index (Phi) is 4.70. The van der Waals surface area contributed by atoms with Crippen LogP contribution in [0, 0.1) is 11.3 Å². The third-order valence-corrected chi connectivity index (χ3v) is 3.50. The van der Waals surface area contributed by atoms with Gasteiger partial charge in [0.2, 0.25) is 0 Å². The molecular weight excluding hydrogens is 232 g/mol. The van der Waals surface area contributed by atoms with E-state index in [1.165, 1.54) is 14.2 Å². The highest BCUT2D eigenvalue weighted by atomic mass is 16.5. The second kappa shape index (κ2) is 5.85. The van der Waals surface area contributed by atoms with Crippen molar-refractivity contribution in [2.24, 2.45) is 11.3 Å². The molecule has 1 fully saturated rings. The molecule has 0 saturated heterocycles. The Hall–Kier alpha value is -1.58.